The lowest BCUT2D eigenvalue weighted by molar-refractivity contribution is 0.102. The van der Waals surface area contributed by atoms with Crippen molar-refractivity contribution in [1.29, 1.82) is 0 Å². The van der Waals surface area contributed by atoms with Crippen LogP contribution < -0.4 is 5.32 Å². The van der Waals surface area contributed by atoms with Crippen LogP contribution in [0.2, 0.25) is 0 Å². The average molecular weight is 437 g/mol. The van der Waals surface area contributed by atoms with Gasteiger partial charge in [0.2, 0.25) is 0 Å². The predicted molar refractivity (Wildman–Crippen MR) is 126 cm³/mol. The highest BCUT2D eigenvalue weighted by Gasteiger charge is 2.25. The number of carbonyl (C=O) groups excluding carboxylic acids is 1. The quantitative estimate of drug-likeness (QED) is 0.446. The van der Waals surface area contributed by atoms with E-state index in [0.717, 1.165) is 41.1 Å². The van der Waals surface area contributed by atoms with Gasteiger partial charge in [-0.2, -0.15) is 0 Å². The van der Waals surface area contributed by atoms with Crippen molar-refractivity contribution in [3.05, 3.63) is 78.6 Å². The van der Waals surface area contributed by atoms with Gasteiger partial charge in [0.25, 0.3) is 5.91 Å². The van der Waals surface area contributed by atoms with E-state index in [1.54, 1.807) is 18.6 Å². The van der Waals surface area contributed by atoms with Gasteiger partial charge in [-0.1, -0.05) is 18.2 Å². The maximum absolute atomic E-state index is 13.0. The summed E-state index contributed by atoms with van der Waals surface area (Å²) in [6.07, 6.45) is 11.4. The van der Waals surface area contributed by atoms with Crippen LogP contribution >= 0.6 is 0 Å². The highest BCUT2D eigenvalue weighted by molar-refractivity contribution is 6.03. The molecular weight excluding hydrogens is 412 g/mol. The molecular formula is C26H24N6O. The third-order valence-corrected chi connectivity index (χ3v) is 6.53. The molecule has 0 saturated heterocycles. The van der Waals surface area contributed by atoms with Gasteiger partial charge >= 0.3 is 0 Å². The van der Waals surface area contributed by atoms with Crippen molar-refractivity contribution in [2.45, 2.75) is 44.1 Å². The summed E-state index contributed by atoms with van der Waals surface area (Å²) in [6, 6.07) is 16.0. The summed E-state index contributed by atoms with van der Waals surface area (Å²) in [4.78, 5) is 21.8. The van der Waals surface area contributed by atoms with Gasteiger partial charge in [0.05, 0.1) is 0 Å². The van der Waals surface area contributed by atoms with E-state index in [-0.39, 0.29) is 5.91 Å². The second-order valence-corrected chi connectivity index (χ2v) is 8.86. The molecule has 1 N–H and O–H groups in total. The highest BCUT2D eigenvalue weighted by atomic mass is 16.1. The fourth-order valence-electron chi connectivity index (χ4n) is 4.24. The zero-order chi connectivity index (χ0) is 22.2. The summed E-state index contributed by atoms with van der Waals surface area (Å²) in [5, 5.41) is 11.4. The standard InChI is InChI=1S/C26H24N6O/c33-26(24-14-18(11-12-27-24)20-9-10-23(28-15-20)17-7-8-17)30-21-4-1-3-19(13-21)25-31-29-16-32(25)22-5-2-6-22/h1,3-4,9-17,22H,2,5-8H2,(H,30,33). The Bertz CT molecular complexity index is 1300. The molecule has 1 aromatic carbocycles. The zero-order valence-electron chi connectivity index (χ0n) is 18.2. The smallest absolute Gasteiger partial charge is 0.274 e. The van der Waals surface area contributed by atoms with Crippen LogP contribution in [0.15, 0.2) is 67.3 Å². The topological polar surface area (TPSA) is 85.6 Å². The minimum atomic E-state index is -0.253. The third-order valence-electron chi connectivity index (χ3n) is 6.53. The molecule has 1 amide bonds. The molecule has 2 aliphatic carbocycles. The van der Waals surface area contributed by atoms with Crippen LogP contribution in [0.5, 0.6) is 0 Å². The van der Waals surface area contributed by atoms with Gasteiger partial charge in [-0.15, -0.1) is 10.2 Å². The molecule has 0 radical (unpaired) electrons. The Morgan fingerprint density at radius 1 is 0.939 bits per heavy atom. The number of nitrogens with one attached hydrogen (secondary N) is 1. The maximum atomic E-state index is 13.0. The maximum Gasteiger partial charge on any atom is 0.274 e. The zero-order valence-corrected chi connectivity index (χ0v) is 18.2. The number of amides is 1. The predicted octanol–water partition coefficient (Wildman–Crippen LogP) is 5.26. The first-order valence-corrected chi connectivity index (χ1v) is 11.5. The minimum Gasteiger partial charge on any atom is -0.321 e. The largest absolute Gasteiger partial charge is 0.321 e. The van der Waals surface area contributed by atoms with Crippen LogP contribution in [0.25, 0.3) is 22.5 Å². The van der Waals surface area contributed by atoms with Gasteiger partial charge in [-0.05, 0) is 68.0 Å². The molecule has 0 atom stereocenters. The van der Waals surface area contributed by atoms with Crippen LogP contribution in [0.1, 0.15) is 60.2 Å². The van der Waals surface area contributed by atoms with Crippen molar-refractivity contribution in [3.63, 3.8) is 0 Å². The van der Waals surface area contributed by atoms with Crippen molar-refractivity contribution in [2.24, 2.45) is 0 Å². The van der Waals surface area contributed by atoms with Crippen molar-refractivity contribution in [1.82, 2.24) is 24.7 Å². The number of carbonyl (C=O) groups is 1. The molecule has 0 aliphatic heterocycles. The lowest BCUT2D eigenvalue weighted by atomic mass is 9.92. The average Bonchev–Trinajstić information content (AvgIpc) is 3.57. The minimum absolute atomic E-state index is 0.253. The Morgan fingerprint density at radius 3 is 2.61 bits per heavy atom. The second-order valence-electron chi connectivity index (χ2n) is 8.86. The SMILES string of the molecule is O=C(Nc1cccc(-c2nncn2C2CCC2)c1)c1cc(-c2ccc(C3CC3)nc2)ccn1. The number of aromatic nitrogens is 5. The molecule has 4 aromatic rings. The van der Waals surface area contributed by atoms with Gasteiger partial charge in [0.15, 0.2) is 5.82 Å². The van der Waals surface area contributed by atoms with Gasteiger partial charge in [0.1, 0.15) is 12.0 Å². The second kappa shape index (κ2) is 8.24. The van der Waals surface area contributed by atoms with Crippen LogP contribution in [-0.4, -0.2) is 30.6 Å². The van der Waals surface area contributed by atoms with E-state index < -0.39 is 0 Å². The first-order valence-electron chi connectivity index (χ1n) is 11.5. The molecule has 3 aromatic heterocycles. The number of nitrogens with zero attached hydrogens (tertiary/aromatic N) is 5. The summed E-state index contributed by atoms with van der Waals surface area (Å²) < 4.78 is 2.14. The molecule has 0 bridgehead atoms. The van der Waals surface area contributed by atoms with Crippen molar-refractivity contribution in [3.8, 4) is 22.5 Å². The molecule has 0 unspecified atom stereocenters. The van der Waals surface area contributed by atoms with Crippen molar-refractivity contribution < 1.29 is 4.79 Å². The summed E-state index contributed by atoms with van der Waals surface area (Å²) in [5.74, 6) is 1.20. The number of rotatable bonds is 6. The van der Waals surface area contributed by atoms with Gasteiger partial charge in [0, 0.05) is 46.9 Å². The third kappa shape index (κ3) is 4.02. The Hall–Kier alpha value is -3.87. The van der Waals surface area contributed by atoms with E-state index in [1.165, 1.54) is 19.3 Å². The first kappa shape index (κ1) is 19.8. The van der Waals surface area contributed by atoms with Crippen LogP contribution in [0.4, 0.5) is 5.69 Å². The van der Waals surface area contributed by atoms with E-state index in [0.29, 0.717) is 23.3 Å². The Labute approximate surface area is 191 Å². The lowest BCUT2D eigenvalue weighted by Gasteiger charge is -2.27. The van der Waals surface area contributed by atoms with Gasteiger partial charge < -0.3 is 9.88 Å². The molecule has 0 spiro atoms. The van der Waals surface area contributed by atoms with Crippen molar-refractivity contribution in [2.75, 3.05) is 5.32 Å². The van der Waals surface area contributed by atoms with Gasteiger partial charge in [-0.3, -0.25) is 14.8 Å². The van der Waals surface area contributed by atoms with Crippen molar-refractivity contribution >= 4 is 11.6 Å². The summed E-state index contributed by atoms with van der Waals surface area (Å²) in [5.41, 5.74) is 5.05. The van der Waals surface area contributed by atoms with Gasteiger partial charge in [-0.25, -0.2) is 0 Å². The Morgan fingerprint density at radius 2 is 1.85 bits per heavy atom. The van der Waals surface area contributed by atoms with E-state index in [4.69, 9.17) is 0 Å². The fourth-order valence-corrected chi connectivity index (χ4v) is 4.24. The van der Waals surface area contributed by atoms with E-state index in [2.05, 4.69) is 42.2 Å². The molecule has 7 nitrogen and oxygen atoms in total. The number of benzene rings is 1. The van der Waals surface area contributed by atoms with E-state index in [1.807, 2.05) is 36.5 Å². The molecule has 6 rings (SSSR count). The molecule has 164 valence electrons. The molecule has 2 saturated carbocycles. The molecule has 7 heteroatoms. The normalized spacial score (nSPS) is 15.8. The molecule has 2 aliphatic rings. The number of hydrogen-bond donors (Lipinski definition) is 1. The number of pyridine rings is 2. The van der Waals surface area contributed by atoms with E-state index >= 15 is 0 Å². The van der Waals surface area contributed by atoms with Crippen LogP contribution in [0.3, 0.4) is 0 Å². The number of anilines is 1. The number of hydrogen-bond acceptors (Lipinski definition) is 5. The molecule has 33 heavy (non-hydrogen) atoms. The molecule has 2 fully saturated rings. The van der Waals surface area contributed by atoms with E-state index in [9.17, 15) is 4.79 Å². The summed E-state index contributed by atoms with van der Waals surface area (Å²) in [6.45, 7) is 0. The summed E-state index contributed by atoms with van der Waals surface area (Å²) >= 11 is 0. The van der Waals surface area contributed by atoms with Crippen LogP contribution in [-0.2, 0) is 0 Å². The Balaban J connectivity index is 1.21. The monoisotopic (exact) mass is 436 g/mol. The highest BCUT2D eigenvalue weighted by Crippen LogP contribution is 2.39. The molecule has 3 heterocycles. The Kier molecular flexibility index (Phi) is 4.94. The van der Waals surface area contributed by atoms with Crippen LogP contribution in [0, 0.1) is 0 Å². The lowest BCUT2D eigenvalue weighted by Crippen LogP contribution is -2.17. The first-order chi connectivity index (χ1) is 16.2. The fraction of sp³-hybridized carbons (Fsp3) is 0.269. The summed E-state index contributed by atoms with van der Waals surface area (Å²) in [7, 11) is 0.